The van der Waals surface area contributed by atoms with Crippen LogP contribution in [0.3, 0.4) is 0 Å². The maximum atomic E-state index is 12.6. The summed E-state index contributed by atoms with van der Waals surface area (Å²) in [4.78, 5) is 0.295. The van der Waals surface area contributed by atoms with Gasteiger partial charge in [-0.25, -0.2) is 21.6 Å². The predicted molar refractivity (Wildman–Crippen MR) is 94.0 cm³/mol. The second-order valence-electron chi connectivity index (χ2n) is 7.49. The van der Waals surface area contributed by atoms with Crippen molar-refractivity contribution >= 4 is 20.0 Å². The van der Waals surface area contributed by atoms with Crippen LogP contribution in [0.15, 0.2) is 34.1 Å². The van der Waals surface area contributed by atoms with E-state index < -0.39 is 20.0 Å². The molecule has 0 unspecified atom stereocenters. The lowest BCUT2D eigenvalue weighted by Crippen LogP contribution is -2.38. The minimum atomic E-state index is -3.61. The van der Waals surface area contributed by atoms with Gasteiger partial charge in [0.2, 0.25) is 20.0 Å². The lowest BCUT2D eigenvalue weighted by atomic mass is 9.96. The van der Waals surface area contributed by atoms with Gasteiger partial charge in [0.05, 0.1) is 9.79 Å². The van der Waals surface area contributed by atoms with E-state index in [0.717, 1.165) is 32.1 Å². The van der Waals surface area contributed by atoms with Crippen LogP contribution < -0.4 is 4.72 Å². The van der Waals surface area contributed by atoms with Crippen LogP contribution in [0.25, 0.3) is 0 Å². The molecule has 1 aromatic rings. The van der Waals surface area contributed by atoms with Gasteiger partial charge in [0.1, 0.15) is 0 Å². The van der Waals surface area contributed by atoms with E-state index in [1.54, 1.807) is 0 Å². The first-order valence-corrected chi connectivity index (χ1v) is 11.9. The largest absolute Gasteiger partial charge is 0.243 e. The Kier molecular flexibility index (Phi) is 4.42. The number of nitrogens with zero attached hydrogens (tertiary/aromatic N) is 1. The van der Waals surface area contributed by atoms with Gasteiger partial charge in [0.25, 0.3) is 0 Å². The third-order valence-electron chi connectivity index (χ3n) is 5.88. The number of hydrogen-bond acceptors (Lipinski definition) is 4. The van der Waals surface area contributed by atoms with Crippen molar-refractivity contribution in [2.24, 2.45) is 11.8 Å². The number of sulfonamides is 2. The van der Waals surface area contributed by atoms with Crippen molar-refractivity contribution in [2.75, 3.05) is 13.1 Å². The van der Waals surface area contributed by atoms with Gasteiger partial charge in [-0.3, -0.25) is 0 Å². The molecule has 3 fully saturated rings. The van der Waals surface area contributed by atoms with E-state index >= 15 is 0 Å². The van der Waals surface area contributed by atoms with E-state index in [4.69, 9.17) is 0 Å². The molecule has 1 heterocycles. The summed E-state index contributed by atoms with van der Waals surface area (Å²) in [5, 5.41) is 0. The molecule has 2 saturated carbocycles. The Labute approximate surface area is 149 Å². The Hall–Kier alpha value is -0.960. The third-order valence-corrected chi connectivity index (χ3v) is 9.30. The second-order valence-corrected chi connectivity index (χ2v) is 11.1. The molecule has 1 saturated heterocycles. The Bertz CT molecular complexity index is 843. The quantitative estimate of drug-likeness (QED) is 0.841. The maximum absolute atomic E-state index is 12.6. The fourth-order valence-electron chi connectivity index (χ4n) is 4.52. The molecular formula is C17H24N2O4S2. The topological polar surface area (TPSA) is 83.5 Å². The zero-order valence-corrected chi connectivity index (χ0v) is 15.7. The van der Waals surface area contributed by atoms with Crippen LogP contribution in [0.4, 0.5) is 0 Å². The van der Waals surface area contributed by atoms with Crippen molar-refractivity contribution in [3.8, 4) is 0 Å². The summed E-state index contributed by atoms with van der Waals surface area (Å²) in [7, 11) is -7.12. The molecule has 0 radical (unpaired) electrons. The molecule has 0 amide bonds. The molecule has 0 spiro atoms. The lowest BCUT2D eigenvalue weighted by Gasteiger charge is -2.22. The number of fused-ring (bicyclic) bond motifs is 2. The van der Waals surface area contributed by atoms with E-state index in [1.165, 1.54) is 35.0 Å². The van der Waals surface area contributed by atoms with Gasteiger partial charge in [-0.05, 0) is 68.2 Å². The van der Waals surface area contributed by atoms with Crippen molar-refractivity contribution in [3.05, 3.63) is 24.3 Å². The fourth-order valence-corrected chi connectivity index (χ4v) is 7.36. The highest BCUT2D eigenvalue weighted by molar-refractivity contribution is 7.89. The molecule has 3 aliphatic rings. The highest BCUT2D eigenvalue weighted by Gasteiger charge is 2.41. The average molecular weight is 385 g/mol. The van der Waals surface area contributed by atoms with Crippen LogP contribution in [0.1, 0.15) is 38.5 Å². The Morgan fingerprint density at radius 1 is 0.880 bits per heavy atom. The van der Waals surface area contributed by atoms with Gasteiger partial charge in [0, 0.05) is 19.1 Å². The summed E-state index contributed by atoms with van der Waals surface area (Å²) in [6.45, 7) is 1.07. The lowest BCUT2D eigenvalue weighted by molar-refractivity contribution is 0.390. The molecule has 6 nitrogen and oxygen atoms in total. The van der Waals surface area contributed by atoms with Crippen LogP contribution >= 0.6 is 0 Å². The van der Waals surface area contributed by atoms with E-state index in [0.29, 0.717) is 24.9 Å². The van der Waals surface area contributed by atoms with Crippen molar-refractivity contribution in [1.82, 2.24) is 9.03 Å². The van der Waals surface area contributed by atoms with E-state index in [9.17, 15) is 16.8 Å². The van der Waals surface area contributed by atoms with Crippen molar-refractivity contribution in [3.63, 3.8) is 0 Å². The van der Waals surface area contributed by atoms with Crippen LogP contribution in [-0.4, -0.2) is 40.3 Å². The zero-order chi connectivity index (χ0) is 17.7. The van der Waals surface area contributed by atoms with E-state index in [-0.39, 0.29) is 15.8 Å². The van der Waals surface area contributed by atoms with Gasteiger partial charge in [0.15, 0.2) is 0 Å². The summed E-state index contributed by atoms with van der Waals surface area (Å²) >= 11 is 0. The highest BCUT2D eigenvalue weighted by Crippen LogP contribution is 2.44. The molecule has 138 valence electrons. The first-order valence-electron chi connectivity index (χ1n) is 8.99. The monoisotopic (exact) mass is 384 g/mol. The van der Waals surface area contributed by atoms with E-state index in [1.807, 2.05) is 0 Å². The highest BCUT2D eigenvalue weighted by atomic mass is 32.2. The smallest absolute Gasteiger partial charge is 0.208 e. The van der Waals surface area contributed by atoms with E-state index in [2.05, 4.69) is 4.72 Å². The second kappa shape index (κ2) is 6.33. The zero-order valence-electron chi connectivity index (χ0n) is 14.1. The third kappa shape index (κ3) is 3.25. The van der Waals surface area contributed by atoms with Crippen molar-refractivity contribution in [1.29, 1.82) is 0 Å². The molecule has 1 aliphatic heterocycles. The van der Waals surface area contributed by atoms with Gasteiger partial charge in [-0.15, -0.1) is 0 Å². The molecule has 25 heavy (non-hydrogen) atoms. The molecule has 8 heteroatoms. The minimum Gasteiger partial charge on any atom is -0.208 e. The Morgan fingerprint density at radius 2 is 1.52 bits per heavy atom. The standard InChI is InChI=1S/C17H24N2O4S2/c20-24(21,18-17-12-13-3-4-14(17)11-13)15-5-7-16(8-6-15)25(22,23)19-9-1-2-10-19/h5-8,13-14,17-18H,1-4,9-12H2/t13-,14+,17+/m1/s1. The molecule has 2 aliphatic carbocycles. The van der Waals surface area contributed by atoms with Crippen LogP contribution in [0.5, 0.6) is 0 Å². The summed E-state index contributed by atoms with van der Waals surface area (Å²) in [6, 6.07) is 5.64. The number of rotatable bonds is 5. The summed E-state index contributed by atoms with van der Waals surface area (Å²) in [5.74, 6) is 1.11. The first kappa shape index (κ1) is 17.5. The normalized spacial score (nSPS) is 30.2. The number of hydrogen-bond donors (Lipinski definition) is 1. The summed E-state index contributed by atoms with van der Waals surface area (Å²) < 4.78 is 54.6. The molecule has 4 rings (SSSR count). The summed E-state index contributed by atoms with van der Waals surface area (Å²) in [6.07, 6.45) is 6.11. The molecular weight excluding hydrogens is 360 g/mol. The fraction of sp³-hybridized carbons (Fsp3) is 0.647. The molecule has 0 aromatic heterocycles. The average Bonchev–Trinajstić information content (AvgIpc) is 3.32. The van der Waals surface area contributed by atoms with Crippen molar-refractivity contribution < 1.29 is 16.8 Å². The first-order chi connectivity index (χ1) is 11.9. The van der Waals surface area contributed by atoms with Gasteiger partial charge in [-0.1, -0.05) is 6.42 Å². The molecule has 3 atom stereocenters. The van der Waals surface area contributed by atoms with Gasteiger partial charge < -0.3 is 0 Å². The molecule has 1 aromatic carbocycles. The summed E-state index contributed by atoms with van der Waals surface area (Å²) in [5.41, 5.74) is 0. The van der Waals surface area contributed by atoms with Crippen LogP contribution in [0.2, 0.25) is 0 Å². The SMILES string of the molecule is O=S(=O)(N[C@H]1C[C@@H]2CC[C@H]1C2)c1ccc(S(=O)(=O)N2CCCC2)cc1. The molecule has 1 N–H and O–H groups in total. The Balaban J connectivity index is 1.51. The van der Waals surface area contributed by atoms with Gasteiger partial charge in [-0.2, -0.15) is 4.31 Å². The number of nitrogens with one attached hydrogen (secondary N) is 1. The molecule has 2 bridgehead atoms. The Morgan fingerprint density at radius 3 is 2.08 bits per heavy atom. The van der Waals surface area contributed by atoms with Crippen molar-refractivity contribution in [2.45, 2.75) is 54.4 Å². The van der Waals surface area contributed by atoms with Gasteiger partial charge >= 0.3 is 0 Å². The van der Waals surface area contributed by atoms with Crippen LogP contribution in [-0.2, 0) is 20.0 Å². The minimum absolute atomic E-state index is 0.0248. The predicted octanol–water partition coefficient (Wildman–Crippen LogP) is 1.94. The maximum Gasteiger partial charge on any atom is 0.243 e. The number of benzene rings is 1. The van der Waals surface area contributed by atoms with Crippen LogP contribution in [0, 0.1) is 11.8 Å².